The number of nitrogens with one attached hydrogen (secondary N) is 2. The second-order valence-corrected chi connectivity index (χ2v) is 8.57. The topological polar surface area (TPSA) is 87.1 Å². The van der Waals surface area contributed by atoms with Crippen LogP contribution in [0, 0.1) is 0 Å². The van der Waals surface area contributed by atoms with Gasteiger partial charge in [-0.1, -0.05) is 12.1 Å². The van der Waals surface area contributed by atoms with Gasteiger partial charge in [0.2, 0.25) is 5.91 Å². The minimum Gasteiger partial charge on any atom is -0.508 e. The molecule has 132 valence electrons. The lowest BCUT2D eigenvalue weighted by Crippen LogP contribution is -2.22. The lowest BCUT2D eigenvalue weighted by atomic mass is 10.1. The summed E-state index contributed by atoms with van der Waals surface area (Å²) in [5.74, 6) is 3.02. The Balaban J connectivity index is 1.82. The van der Waals surface area contributed by atoms with Gasteiger partial charge in [-0.25, -0.2) is 0 Å². The average molecular weight is 377 g/mol. The van der Waals surface area contributed by atoms with Gasteiger partial charge in [-0.15, -0.1) is 11.8 Å². The number of hydrogen-bond donors (Lipinski definition) is 3. The van der Waals surface area contributed by atoms with Crippen LogP contribution in [0.25, 0.3) is 0 Å². The summed E-state index contributed by atoms with van der Waals surface area (Å²) in [5, 5.41) is 15.4. The minimum atomic E-state index is -0.288. The molecule has 1 atom stereocenters. The number of aromatic nitrogens is 2. The molecule has 1 amide bonds. The third-order valence-corrected chi connectivity index (χ3v) is 6.91. The number of nitrogens with zero attached hydrogens (tertiary/aromatic N) is 1. The molecule has 0 spiro atoms. The molecule has 3 heterocycles. The average Bonchev–Trinajstić information content (AvgIpc) is 2.82. The van der Waals surface area contributed by atoms with E-state index in [1.54, 1.807) is 18.2 Å². The Bertz CT molecular complexity index is 855. The zero-order chi connectivity index (χ0) is 17.4. The molecule has 2 aliphatic heterocycles. The van der Waals surface area contributed by atoms with Crippen molar-refractivity contribution in [2.45, 2.75) is 24.1 Å². The summed E-state index contributed by atoms with van der Waals surface area (Å²) in [5.41, 5.74) is 1.22. The van der Waals surface area contributed by atoms with Crippen molar-refractivity contribution in [2.24, 2.45) is 0 Å². The van der Waals surface area contributed by atoms with Crippen LogP contribution in [-0.4, -0.2) is 38.1 Å². The number of thioether (sulfide) groups is 2. The van der Waals surface area contributed by atoms with Crippen LogP contribution in [0.5, 0.6) is 5.75 Å². The van der Waals surface area contributed by atoms with Gasteiger partial charge in [0.15, 0.2) is 0 Å². The fourth-order valence-corrected chi connectivity index (χ4v) is 5.61. The number of rotatable bonds is 2. The summed E-state index contributed by atoms with van der Waals surface area (Å²) in [6, 6.07) is 7.10. The fraction of sp³-hybridized carbons (Fsp3) is 0.412. The highest BCUT2D eigenvalue weighted by Crippen LogP contribution is 2.42. The number of H-pyrrole nitrogens is 1. The lowest BCUT2D eigenvalue weighted by Gasteiger charge is -2.24. The Morgan fingerprint density at radius 2 is 2.00 bits per heavy atom. The molecule has 25 heavy (non-hydrogen) atoms. The van der Waals surface area contributed by atoms with E-state index < -0.39 is 0 Å². The molecule has 0 saturated carbocycles. The summed E-state index contributed by atoms with van der Waals surface area (Å²) in [4.78, 5) is 25.0. The van der Waals surface area contributed by atoms with Gasteiger partial charge in [-0.3, -0.25) is 19.4 Å². The summed E-state index contributed by atoms with van der Waals surface area (Å²) < 4.78 is 1.86. The van der Waals surface area contributed by atoms with Gasteiger partial charge in [0.1, 0.15) is 11.6 Å². The minimum absolute atomic E-state index is 0.105. The number of fused-ring (bicyclic) bond motifs is 1. The smallest absolute Gasteiger partial charge is 0.270 e. The zero-order valence-corrected chi connectivity index (χ0v) is 15.2. The molecule has 1 aromatic carbocycles. The maximum atomic E-state index is 12.7. The zero-order valence-electron chi connectivity index (χ0n) is 13.5. The van der Waals surface area contributed by atoms with Crippen LogP contribution >= 0.6 is 23.5 Å². The van der Waals surface area contributed by atoms with E-state index in [4.69, 9.17) is 0 Å². The van der Waals surface area contributed by atoms with E-state index in [1.807, 2.05) is 22.5 Å². The van der Waals surface area contributed by atoms with Crippen molar-refractivity contribution in [3.05, 3.63) is 45.7 Å². The van der Waals surface area contributed by atoms with E-state index in [1.165, 1.54) is 11.8 Å². The van der Waals surface area contributed by atoms with Crippen molar-refractivity contribution in [1.82, 2.24) is 9.78 Å². The summed E-state index contributed by atoms with van der Waals surface area (Å²) in [6.07, 6.45) is 1.95. The van der Waals surface area contributed by atoms with Gasteiger partial charge in [-0.05, 0) is 42.0 Å². The first-order chi connectivity index (χ1) is 12.1. The Morgan fingerprint density at radius 3 is 2.76 bits per heavy atom. The van der Waals surface area contributed by atoms with Gasteiger partial charge in [0.25, 0.3) is 5.56 Å². The van der Waals surface area contributed by atoms with Crippen LogP contribution in [0.4, 0.5) is 5.82 Å². The molecule has 1 fully saturated rings. The number of benzene rings is 1. The van der Waals surface area contributed by atoms with Crippen LogP contribution in [0.15, 0.2) is 29.1 Å². The number of amides is 1. The van der Waals surface area contributed by atoms with Gasteiger partial charge < -0.3 is 10.4 Å². The summed E-state index contributed by atoms with van der Waals surface area (Å²) in [7, 11) is 0. The van der Waals surface area contributed by atoms with E-state index in [9.17, 15) is 14.7 Å². The fourth-order valence-electron chi connectivity index (χ4n) is 3.41. The van der Waals surface area contributed by atoms with Crippen molar-refractivity contribution in [3.8, 4) is 5.75 Å². The van der Waals surface area contributed by atoms with Gasteiger partial charge in [0.05, 0.1) is 22.6 Å². The number of aromatic amines is 1. The van der Waals surface area contributed by atoms with Crippen molar-refractivity contribution < 1.29 is 9.90 Å². The first-order valence-corrected chi connectivity index (χ1v) is 10.5. The first kappa shape index (κ1) is 16.7. The highest BCUT2D eigenvalue weighted by Gasteiger charge is 2.32. The third-order valence-electron chi connectivity index (χ3n) is 4.59. The largest absolute Gasteiger partial charge is 0.508 e. The maximum absolute atomic E-state index is 12.7. The first-order valence-electron chi connectivity index (χ1n) is 8.26. The Kier molecular flexibility index (Phi) is 4.56. The van der Waals surface area contributed by atoms with Gasteiger partial charge in [0, 0.05) is 0 Å². The standard InChI is InChI=1S/C17H19N3O3S2/c21-12-3-1-2-10(8-12)15-14-16(18-13(22)9-25-15)20(19-17(14)23)11-4-6-24-7-5-11/h1-3,8,11,15,21H,4-7,9H2,(H,18,22)(H,19,23)/t15-/m1/s1. The molecule has 0 unspecified atom stereocenters. The van der Waals surface area contributed by atoms with Crippen LogP contribution in [-0.2, 0) is 4.79 Å². The molecule has 8 heteroatoms. The monoisotopic (exact) mass is 377 g/mol. The predicted molar refractivity (Wildman–Crippen MR) is 102 cm³/mol. The highest BCUT2D eigenvalue weighted by molar-refractivity contribution is 8.00. The normalized spacial score (nSPS) is 21.4. The molecule has 1 saturated heterocycles. The molecule has 0 bridgehead atoms. The Hall–Kier alpha value is -1.80. The van der Waals surface area contributed by atoms with Gasteiger partial charge >= 0.3 is 0 Å². The van der Waals surface area contributed by atoms with E-state index in [-0.39, 0.29) is 34.3 Å². The molecule has 3 N–H and O–H groups in total. The molecule has 2 aliphatic rings. The van der Waals surface area contributed by atoms with Crippen molar-refractivity contribution in [1.29, 1.82) is 0 Å². The molecule has 1 aromatic heterocycles. The number of aromatic hydroxyl groups is 1. The molecule has 2 aromatic rings. The number of hydrogen-bond acceptors (Lipinski definition) is 5. The molecule has 0 aliphatic carbocycles. The molecule has 4 rings (SSSR count). The van der Waals surface area contributed by atoms with Crippen LogP contribution in [0.1, 0.15) is 35.3 Å². The number of anilines is 1. The van der Waals surface area contributed by atoms with Crippen LogP contribution in [0.2, 0.25) is 0 Å². The Morgan fingerprint density at radius 1 is 1.20 bits per heavy atom. The number of carbonyl (C=O) groups is 1. The second-order valence-electron chi connectivity index (χ2n) is 6.25. The highest BCUT2D eigenvalue weighted by atomic mass is 32.2. The van der Waals surface area contributed by atoms with Crippen molar-refractivity contribution >= 4 is 35.2 Å². The van der Waals surface area contributed by atoms with E-state index in [2.05, 4.69) is 10.4 Å². The number of phenolic OH excluding ortho intramolecular Hbond substituents is 1. The van der Waals surface area contributed by atoms with E-state index >= 15 is 0 Å². The lowest BCUT2D eigenvalue weighted by molar-refractivity contribution is -0.113. The molecule has 6 nitrogen and oxygen atoms in total. The summed E-state index contributed by atoms with van der Waals surface area (Å²) in [6.45, 7) is 0. The summed E-state index contributed by atoms with van der Waals surface area (Å²) >= 11 is 3.33. The maximum Gasteiger partial charge on any atom is 0.270 e. The van der Waals surface area contributed by atoms with E-state index in [0.717, 1.165) is 29.9 Å². The molecular weight excluding hydrogens is 358 g/mol. The Labute approximate surface area is 153 Å². The number of phenols is 1. The molecule has 0 radical (unpaired) electrons. The SMILES string of the molecule is O=C1CS[C@H](c2cccc(O)c2)c2c(n(C3CCSCC3)[nH]c2=O)N1. The van der Waals surface area contributed by atoms with Gasteiger partial charge in [-0.2, -0.15) is 11.8 Å². The van der Waals surface area contributed by atoms with Crippen molar-refractivity contribution in [3.63, 3.8) is 0 Å². The van der Waals surface area contributed by atoms with E-state index in [0.29, 0.717) is 11.4 Å². The van der Waals surface area contributed by atoms with Crippen molar-refractivity contribution in [2.75, 3.05) is 22.6 Å². The predicted octanol–water partition coefficient (Wildman–Crippen LogP) is 2.72. The quantitative estimate of drug-likeness (QED) is 0.749. The van der Waals surface area contributed by atoms with Crippen LogP contribution in [0.3, 0.4) is 0 Å². The second kappa shape index (κ2) is 6.84. The van der Waals surface area contributed by atoms with Crippen LogP contribution < -0.4 is 10.9 Å². The molecular formula is C17H19N3O3S2. The number of carbonyl (C=O) groups excluding carboxylic acids is 1. The third kappa shape index (κ3) is 3.20.